The zero-order valence-corrected chi connectivity index (χ0v) is 18.7. The number of halogens is 3. The molecule has 0 saturated carbocycles. The van der Waals surface area contributed by atoms with E-state index in [0.29, 0.717) is 31.0 Å². The molecule has 0 N–H and O–H groups in total. The molecule has 0 bridgehead atoms. The van der Waals surface area contributed by atoms with E-state index in [9.17, 15) is 18.0 Å². The van der Waals surface area contributed by atoms with Gasteiger partial charge in [-0.25, -0.2) is 4.79 Å². The van der Waals surface area contributed by atoms with Crippen LogP contribution in [0.4, 0.5) is 18.0 Å². The van der Waals surface area contributed by atoms with Crippen LogP contribution in [-0.2, 0) is 19.0 Å². The number of hydrogen-bond acceptors (Lipinski definition) is 6. The van der Waals surface area contributed by atoms with Crippen molar-refractivity contribution in [1.82, 2.24) is 19.9 Å². The number of pyridine rings is 1. The van der Waals surface area contributed by atoms with Crippen molar-refractivity contribution in [2.24, 2.45) is 0 Å². The van der Waals surface area contributed by atoms with Gasteiger partial charge in [0.2, 0.25) is 0 Å². The van der Waals surface area contributed by atoms with Crippen LogP contribution in [0.25, 0.3) is 0 Å². The fraction of sp³-hybridized carbons (Fsp3) is 0.375. The van der Waals surface area contributed by atoms with Gasteiger partial charge >= 0.3 is 12.3 Å². The van der Waals surface area contributed by atoms with Crippen LogP contribution >= 0.6 is 0 Å². The van der Waals surface area contributed by atoms with Crippen LogP contribution < -0.4 is 4.74 Å². The molecule has 7 nitrogen and oxygen atoms in total. The van der Waals surface area contributed by atoms with Crippen molar-refractivity contribution in [3.63, 3.8) is 0 Å². The maximum absolute atomic E-state index is 12.7. The zero-order valence-electron chi connectivity index (χ0n) is 18.7. The minimum atomic E-state index is -4.40. The number of nitrogens with zero attached hydrogens (tertiary/aromatic N) is 4. The highest BCUT2D eigenvalue weighted by molar-refractivity contribution is 5.70. The number of carbonyl (C=O) groups excluding carboxylic acids is 1. The predicted molar refractivity (Wildman–Crippen MR) is 117 cm³/mol. The highest BCUT2D eigenvalue weighted by Crippen LogP contribution is 2.28. The summed E-state index contributed by atoms with van der Waals surface area (Å²) in [5.41, 5.74) is 1.47. The Morgan fingerprint density at radius 2 is 1.82 bits per heavy atom. The number of rotatable bonds is 6. The maximum Gasteiger partial charge on any atom is 0.417 e. The van der Waals surface area contributed by atoms with Crippen molar-refractivity contribution in [1.29, 1.82) is 0 Å². The number of benzene rings is 1. The van der Waals surface area contributed by atoms with Crippen molar-refractivity contribution >= 4 is 6.09 Å². The van der Waals surface area contributed by atoms with Gasteiger partial charge in [-0.05, 0) is 36.8 Å². The second-order valence-electron chi connectivity index (χ2n) is 8.24. The summed E-state index contributed by atoms with van der Waals surface area (Å²) in [7, 11) is 0. The highest BCUT2D eigenvalue weighted by atomic mass is 19.4. The van der Waals surface area contributed by atoms with Gasteiger partial charge in [0.05, 0.1) is 11.3 Å². The quantitative estimate of drug-likeness (QED) is 0.529. The molecule has 1 fully saturated rings. The molecule has 34 heavy (non-hydrogen) atoms. The lowest BCUT2D eigenvalue weighted by molar-refractivity contribution is -0.137. The van der Waals surface area contributed by atoms with Crippen LogP contribution in [0.3, 0.4) is 0 Å². The lowest BCUT2D eigenvalue weighted by Gasteiger charge is -2.33. The molecule has 4 rings (SSSR count). The second-order valence-corrected chi connectivity index (χ2v) is 8.24. The van der Waals surface area contributed by atoms with Crippen LogP contribution in [0.1, 0.15) is 28.3 Å². The van der Waals surface area contributed by atoms with Crippen molar-refractivity contribution < 1.29 is 27.2 Å². The number of hydrogen-bond donors (Lipinski definition) is 0. The van der Waals surface area contributed by atoms with Gasteiger partial charge in [0.25, 0.3) is 0 Å². The van der Waals surface area contributed by atoms with Gasteiger partial charge in [0.15, 0.2) is 0 Å². The minimum Gasteiger partial charge on any atom is -0.410 e. The normalized spacial score (nSPS) is 14.9. The molecule has 0 radical (unpaired) electrons. The van der Waals surface area contributed by atoms with Crippen molar-refractivity contribution in [3.05, 3.63) is 76.9 Å². The Morgan fingerprint density at radius 1 is 1.09 bits per heavy atom. The molecule has 180 valence electrons. The number of carbonyl (C=O) groups is 1. The van der Waals surface area contributed by atoms with E-state index in [1.165, 1.54) is 6.07 Å². The molecule has 0 spiro atoms. The SMILES string of the molecule is Cc1cc(CCN2CCN(C(=O)Oc3ccc(Cc4ccc(C(F)(F)F)cn4)cc3)CC2)on1. The molecule has 1 saturated heterocycles. The molecule has 1 aromatic carbocycles. The summed E-state index contributed by atoms with van der Waals surface area (Å²) in [5.74, 6) is 1.27. The van der Waals surface area contributed by atoms with E-state index in [1.807, 2.05) is 13.0 Å². The first-order valence-electron chi connectivity index (χ1n) is 11.0. The largest absolute Gasteiger partial charge is 0.417 e. The van der Waals surface area contributed by atoms with Crippen LogP contribution in [0.2, 0.25) is 0 Å². The first kappa shape index (κ1) is 23.7. The Labute approximate surface area is 195 Å². The number of aromatic nitrogens is 2. The molecule has 1 aliphatic heterocycles. The molecule has 1 amide bonds. The Kier molecular flexibility index (Phi) is 7.16. The van der Waals surface area contributed by atoms with Crippen LogP contribution in [0.5, 0.6) is 5.75 Å². The third-order valence-electron chi connectivity index (χ3n) is 5.65. The van der Waals surface area contributed by atoms with E-state index in [4.69, 9.17) is 9.26 Å². The number of aryl methyl sites for hydroxylation is 1. The molecule has 0 unspecified atom stereocenters. The molecular formula is C24H25F3N4O3. The summed E-state index contributed by atoms with van der Waals surface area (Å²) >= 11 is 0. The van der Waals surface area contributed by atoms with E-state index in [1.54, 1.807) is 29.2 Å². The molecule has 0 aliphatic carbocycles. The first-order chi connectivity index (χ1) is 16.3. The first-order valence-corrected chi connectivity index (χ1v) is 11.0. The second kappa shape index (κ2) is 10.3. The molecule has 0 atom stereocenters. The lowest BCUT2D eigenvalue weighted by Crippen LogP contribution is -2.49. The standard InChI is InChI=1S/C24H25F3N4O3/c1-17-14-22(34-29-17)8-9-30-10-12-31(13-11-30)23(32)33-21-6-2-18(3-7-21)15-20-5-4-19(16-28-20)24(25,26)27/h2-7,14,16H,8-13,15H2,1H3. The number of ether oxygens (including phenoxy) is 1. The smallest absolute Gasteiger partial charge is 0.410 e. The van der Waals surface area contributed by atoms with Gasteiger partial charge in [-0.3, -0.25) is 9.88 Å². The molecule has 2 aromatic heterocycles. The minimum absolute atomic E-state index is 0.377. The Hall–Kier alpha value is -3.40. The predicted octanol–water partition coefficient (Wildman–Crippen LogP) is 4.35. The lowest BCUT2D eigenvalue weighted by atomic mass is 10.1. The molecule has 3 aromatic rings. The van der Waals surface area contributed by atoms with Gasteiger partial charge in [-0.2, -0.15) is 13.2 Å². The summed E-state index contributed by atoms with van der Waals surface area (Å²) in [5, 5.41) is 3.89. The Balaban J connectivity index is 1.22. The third kappa shape index (κ3) is 6.34. The van der Waals surface area contributed by atoms with Gasteiger partial charge in [-0.1, -0.05) is 17.3 Å². The molecule has 1 aliphatic rings. The van der Waals surface area contributed by atoms with Gasteiger partial charge in [-0.15, -0.1) is 0 Å². The van der Waals surface area contributed by atoms with E-state index >= 15 is 0 Å². The molecular weight excluding hydrogens is 449 g/mol. The Morgan fingerprint density at radius 3 is 2.41 bits per heavy atom. The number of amides is 1. The van der Waals surface area contributed by atoms with Crippen molar-refractivity contribution in [2.75, 3.05) is 32.7 Å². The van der Waals surface area contributed by atoms with E-state index < -0.39 is 17.8 Å². The fourth-order valence-electron chi connectivity index (χ4n) is 3.70. The summed E-state index contributed by atoms with van der Waals surface area (Å²) in [6.07, 6.45) is -2.81. The van der Waals surface area contributed by atoms with Gasteiger partial charge < -0.3 is 14.2 Å². The maximum atomic E-state index is 12.7. The van der Waals surface area contributed by atoms with E-state index in [0.717, 1.165) is 55.3 Å². The summed E-state index contributed by atoms with van der Waals surface area (Å²) < 4.78 is 48.7. The van der Waals surface area contributed by atoms with E-state index in [2.05, 4.69) is 15.0 Å². The fourth-order valence-corrected chi connectivity index (χ4v) is 3.70. The van der Waals surface area contributed by atoms with Crippen molar-refractivity contribution in [2.45, 2.75) is 25.9 Å². The number of alkyl halides is 3. The monoisotopic (exact) mass is 474 g/mol. The number of piperazine rings is 1. The van der Waals surface area contributed by atoms with E-state index in [-0.39, 0.29) is 0 Å². The average Bonchev–Trinajstić information content (AvgIpc) is 3.24. The third-order valence-corrected chi connectivity index (χ3v) is 5.65. The molecule has 3 heterocycles. The summed E-state index contributed by atoms with van der Waals surface area (Å²) in [6, 6.07) is 11.2. The topological polar surface area (TPSA) is 71.7 Å². The van der Waals surface area contributed by atoms with Crippen LogP contribution in [0, 0.1) is 6.92 Å². The summed E-state index contributed by atoms with van der Waals surface area (Å²) in [4.78, 5) is 20.3. The Bertz CT molecular complexity index is 1090. The van der Waals surface area contributed by atoms with Gasteiger partial charge in [0, 0.05) is 63.5 Å². The molecule has 10 heteroatoms. The summed E-state index contributed by atoms with van der Waals surface area (Å²) in [6.45, 7) is 5.38. The van der Waals surface area contributed by atoms with Crippen molar-refractivity contribution in [3.8, 4) is 5.75 Å². The average molecular weight is 474 g/mol. The highest BCUT2D eigenvalue weighted by Gasteiger charge is 2.30. The van der Waals surface area contributed by atoms with Crippen LogP contribution in [0.15, 0.2) is 53.2 Å². The van der Waals surface area contributed by atoms with Gasteiger partial charge in [0.1, 0.15) is 11.5 Å². The van der Waals surface area contributed by atoms with Crippen LogP contribution in [-0.4, -0.2) is 58.8 Å². The zero-order chi connectivity index (χ0) is 24.1.